The van der Waals surface area contributed by atoms with Crippen molar-refractivity contribution in [2.75, 3.05) is 18.1 Å². The number of nitrogens with one attached hydrogen (secondary N) is 1. The minimum Gasteiger partial charge on any atom is -0.314 e. The maximum absolute atomic E-state index is 11.5. The van der Waals surface area contributed by atoms with E-state index in [0.717, 1.165) is 13.0 Å². The molecule has 0 aromatic heterocycles. The topological polar surface area (TPSA) is 46.2 Å². The van der Waals surface area contributed by atoms with Crippen LogP contribution in [0.5, 0.6) is 0 Å². The van der Waals surface area contributed by atoms with Gasteiger partial charge in [-0.3, -0.25) is 0 Å². The fourth-order valence-electron chi connectivity index (χ4n) is 2.13. The summed E-state index contributed by atoms with van der Waals surface area (Å²) in [5, 5.41) is 3.45. The first kappa shape index (κ1) is 14.0. The van der Waals surface area contributed by atoms with Crippen molar-refractivity contribution >= 4 is 9.84 Å². The third-order valence-electron chi connectivity index (χ3n) is 3.68. The summed E-state index contributed by atoms with van der Waals surface area (Å²) in [6, 6.07) is 0.486. The van der Waals surface area contributed by atoms with E-state index in [2.05, 4.69) is 19.2 Å². The molecule has 1 fully saturated rings. The maximum Gasteiger partial charge on any atom is 0.150 e. The quantitative estimate of drug-likeness (QED) is 0.748. The van der Waals surface area contributed by atoms with Gasteiger partial charge in [-0.15, -0.1) is 0 Å². The molecular weight excluding hydrogens is 222 g/mol. The molecule has 1 saturated carbocycles. The van der Waals surface area contributed by atoms with Crippen molar-refractivity contribution in [3.8, 4) is 0 Å². The molecule has 1 rings (SSSR count). The van der Waals surface area contributed by atoms with Gasteiger partial charge in [-0.25, -0.2) is 8.42 Å². The molecule has 0 atom stereocenters. The van der Waals surface area contributed by atoms with E-state index in [1.807, 2.05) is 0 Å². The Hall–Kier alpha value is -0.0900. The van der Waals surface area contributed by atoms with Crippen LogP contribution < -0.4 is 5.32 Å². The predicted octanol–water partition coefficient (Wildman–Crippen LogP) is 1.98. The molecule has 0 aliphatic heterocycles. The number of rotatable bonds is 7. The van der Waals surface area contributed by atoms with Crippen molar-refractivity contribution in [2.45, 2.75) is 52.5 Å². The Bertz CT molecular complexity index is 305. The highest BCUT2D eigenvalue weighted by Crippen LogP contribution is 2.43. The van der Waals surface area contributed by atoms with Gasteiger partial charge in [-0.1, -0.05) is 27.2 Å². The molecular formula is C12H25NO2S. The smallest absolute Gasteiger partial charge is 0.150 e. The van der Waals surface area contributed by atoms with Gasteiger partial charge in [0.1, 0.15) is 9.84 Å². The first-order chi connectivity index (χ1) is 7.39. The van der Waals surface area contributed by atoms with E-state index in [1.54, 1.807) is 6.92 Å². The summed E-state index contributed by atoms with van der Waals surface area (Å²) in [5.41, 5.74) is 0.270. The van der Waals surface area contributed by atoms with Crippen LogP contribution in [0.25, 0.3) is 0 Å². The van der Waals surface area contributed by atoms with E-state index in [0.29, 0.717) is 11.8 Å². The fourth-order valence-corrected chi connectivity index (χ4v) is 3.16. The van der Waals surface area contributed by atoms with Crippen LogP contribution >= 0.6 is 0 Å². The molecule has 0 unspecified atom stereocenters. The predicted molar refractivity (Wildman–Crippen MR) is 68.4 cm³/mol. The van der Waals surface area contributed by atoms with Gasteiger partial charge in [-0.2, -0.15) is 0 Å². The van der Waals surface area contributed by atoms with Crippen LogP contribution in [-0.4, -0.2) is 32.5 Å². The second-order valence-corrected chi connectivity index (χ2v) is 7.85. The molecule has 0 amide bonds. The normalized spacial score (nSPS) is 19.8. The molecule has 1 aliphatic carbocycles. The molecule has 0 radical (unpaired) electrons. The molecule has 0 aromatic rings. The third-order valence-corrected chi connectivity index (χ3v) is 5.39. The van der Waals surface area contributed by atoms with Crippen LogP contribution in [-0.2, 0) is 9.84 Å². The molecule has 3 nitrogen and oxygen atoms in total. The lowest BCUT2D eigenvalue weighted by Gasteiger charge is -2.42. The van der Waals surface area contributed by atoms with E-state index >= 15 is 0 Å². The lowest BCUT2D eigenvalue weighted by molar-refractivity contribution is 0.122. The monoisotopic (exact) mass is 247 g/mol. The highest BCUT2D eigenvalue weighted by Gasteiger charge is 2.37. The van der Waals surface area contributed by atoms with Crippen molar-refractivity contribution in [1.29, 1.82) is 0 Å². The Morgan fingerprint density at radius 3 is 2.31 bits per heavy atom. The van der Waals surface area contributed by atoms with E-state index in [4.69, 9.17) is 0 Å². The maximum atomic E-state index is 11.5. The van der Waals surface area contributed by atoms with Crippen LogP contribution in [0, 0.1) is 5.41 Å². The molecule has 0 saturated heterocycles. The molecule has 0 bridgehead atoms. The average molecular weight is 247 g/mol. The van der Waals surface area contributed by atoms with Gasteiger partial charge < -0.3 is 5.32 Å². The lowest BCUT2D eigenvalue weighted by atomic mass is 9.67. The van der Waals surface area contributed by atoms with Crippen molar-refractivity contribution in [2.24, 2.45) is 5.41 Å². The summed E-state index contributed by atoms with van der Waals surface area (Å²) >= 11 is 0. The zero-order valence-electron chi connectivity index (χ0n) is 10.8. The van der Waals surface area contributed by atoms with Crippen molar-refractivity contribution in [3.63, 3.8) is 0 Å². The Morgan fingerprint density at radius 2 is 1.94 bits per heavy atom. The Balaban J connectivity index is 2.42. The summed E-state index contributed by atoms with van der Waals surface area (Å²) < 4.78 is 23.0. The van der Waals surface area contributed by atoms with Crippen LogP contribution in [0.15, 0.2) is 0 Å². The molecule has 0 aromatic carbocycles. The number of sulfone groups is 1. The number of hydrogen-bond donors (Lipinski definition) is 1. The molecule has 4 heteroatoms. The minimum atomic E-state index is -2.80. The Kier molecular flexibility index (Phi) is 4.80. The SMILES string of the molecule is CCS(=O)(=O)CCC1(CNC(C)C)CCC1. The molecule has 0 heterocycles. The largest absolute Gasteiger partial charge is 0.314 e. The van der Waals surface area contributed by atoms with Gasteiger partial charge in [0.05, 0.1) is 5.75 Å². The highest BCUT2D eigenvalue weighted by atomic mass is 32.2. The van der Waals surface area contributed by atoms with Gasteiger partial charge in [0, 0.05) is 18.3 Å². The molecule has 0 spiro atoms. The van der Waals surface area contributed by atoms with Gasteiger partial charge in [0.2, 0.25) is 0 Å². The minimum absolute atomic E-state index is 0.270. The van der Waals surface area contributed by atoms with Crippen LogP contribution in [0.4, 0.5) is 0 Å². The van der Waals surface area contributed by atoms with Crippen LogP contribution in [0.2, 0.25) is 0 Å². The second-order valence-electron chi connectivity index (χ2n) is 5.38. The van der Waals surface area contributed by atoms with Crippen molar-refractivity contribution in [3.05, 3.63) is 0 Å². The summed E-state index contributed by atoms with van der Waals surface area (Å²) in [7, 11) is -2.80. The van der Waals surface area contributed by atoms with Crippen molar-refractivity contribution in [1.82, 2.24) is 5.32 Å². The lowest BCUT2D eigenvalue weighted by Crippen LogP contribution is -2.43. The Morgan fingerprint density at radius 1 is 1.31 bits per heavy atom. The standard InChI is InChI=1S/C12H25NO2S/c1-4-16(14,15)9-8-12(6-5-7-12)10-13-11(2)3/h11,13H,4-10H2,1-3H3. The zero-order chi connectivity index (χ0) is 12.2. The van der Waals surface area contributed by atoms with Gasteiger partial charge >= 0.3 is 0 Å². The van der Waals surface area contributed by atoms with E-state index in [1.165, 1.54) is 19.3 Å². The summed E-state index contributed by atoms with van der Waals surface area (Å²) in [4.78, 5) is 0. The Labute approximate surface area is 99.9 Å². The second kappa shape index (κ2) is 5.50. The summed E-state index contributed by atoms with van der Waals surface area (Å²) in [5.74, 6) is 0.643. The zero-order valence-corrected chi connectivity index (χ0v) is 11.6. The molecule has 1 aliphatic rings. The first-order valence-corrected chi connectivity index (χ1v) is 8.15. The third kappa shape index (κ3) is 4.06. The summed E-state index contributed by atoms with van der Waals surface area (Å²) in [6.45, 7) is 6.98. The first-order valence-electron chi connectivity index (χ1n) is 6.33. The van der Waals surface area contributed by atoms with Gasteiger partial charge in [0.25, 0.3) is 0 Å². The molecule has 96 valence electrons. The molecule has 16 heavy (non-hydrogen) atoms. The average Bonchev–Trinajstić information content (AvgIpc) is 2.15. The van der Waals surface area contributed by atoms with Crippen LogP contribution in [0.1, 0.15) is 46.5 Å². The van der Waals surface area contributed by atoms with E-state index in [9.17, 15) is 8.42 Å². The highest BCUT2D eigenvalue weighted by molar-refractivity contribution is 7.91. The number of hydrogen-bond acceptors (Lipinski definition) is 3. The molecule has 1 N–H and O–H groups in total. The van der Waals surface area contributed by atoms with Gasteiger partial charge in [0.15, 0.2) is 0 Å². The van der Waals surface area contributed by atoms with Crippen molar-refractivity contribution < 1.29 is 8.42 Å². The van der Waals surface area contributed by atoms with Gasteiger partial charge in [-0.05, 0) is 24.7 Å². The summed E-state index contributed by atoms with van der Waals surface area (Å²) in [6.07, 6.45) is 4.47. The fraction of sp³-hybridized carbons (Fsp3) is 1.00. The van der Waals surface area contributed by atoms with E-state index < -0.39 is 9.84 Å². The van der Waals surface area contributed by atoms with E-state index in [-0.39, 0.29) is 11.2 Å². The van der Waals surface area contributed by atoms with Crippen LogP contribution in [0.3, 0.4) is 0 Å².